The Hall–Kier alpha value is -5.54. The smallest absolute Gasteiger partial charge is 0.272 e. The number of anilines is 2. The van der Waals surface area contributed by atoms with Crippen LogP contribution in [0.2, 0.25) is 0 Å². The minimum atomic E-state index is -0.558. The van der Waals surface area contributed by atoms with Crippen molar-refractivity contribution in [2.24, 2.45) is 0 Å². The molecule has 0 aliphatic heterocycles. The second-order valence-corrected chi connectivity index (χ2v) is 10.9. The topological polar surface area (TPSA) is 110 Å². The minimum absolute atomic E-state index is 0.0189. The summed E-state index contributed by atoms with van der Waals surface area (Å²) < 4.78 is 11.1. The van der Waals surface area contributed by atoms with Gasteiger partial charge in [0.15, 0.2) is 0 Å². The number of carbonyl (C=O) groups is 3. The molecule has 1 unspecified atom stereocenters. The van der Waals surface area contributed by atoms with E-state index in [1.165, 1.54) is 24.1 Å². The van der Waals surface area contributed by atoms with E-state index in [9.17, 15) is 14.4 Å². The van der Waals surface area contributed by atoms with E-state index in [0.29, 0.717) is 35.1 Å². The molecule has 0 spiro atoms. The third-order valence-corrected chi connectivity index (χ3v) is 7.78. The normalized spacial score (nSPS) is 11.7. The number of nitrogens with one attached hydrogen (secondary N) is 3. The highest BCUT2D eigenvalue weighted by atomic mass is 32.2. The maximum Gasteiger partial charge on any atom is 0.272 e. The summed E-state index contributed by atoms with van der Waals surface area (Å²) in [6.45, 7) is 2.37. The second-order valence-electron chi connectivity index (χ2n) is 9.70. The van der Waals surface area contributed by atoms with E-state index in [2.05, 4.69) is 16.0 Å². The third kappa shape index (κ3) is 8.52. The van der Waals surface area contributed by atoms with Crippen molar-refractivity contribution in [1.29, 1.82) is 0 Å². The molecule has 0 saturated carbocycles. The fourth-order valence-corrected chi connectivity index (χ4v) is 5.38. The Morgan fingerprint density at radius 3 is 2.18 bits per heavy atom. The molecule has 0 bridgehead atoms. The maximum atomic E-state index is 13.6. The van der Waals surface area contributed by atoms with Gasteiger partial charge in [0.1, 0.15) is 22.5 Å². The van der Waals surface area contributed by atoms with Crippen LogP contribution in [0.4, 0.5) is 11.4 Å². The quantitative estimate of drug-likeness (QED) is 0.0985. The van der Waals surface area contributed by atoms with Crippen LogP contribution in [-0.4, -0.2) is 24.3 Å². The molecule has 0 radical (unpaired) electrons. The fourth-order valence-electron chi connectivity index (χ4n) is 4.36. The number of ether oxygens (including phenoxy) is 1. The van der Waals surface area contributed by atoms with Crippen molar-refractivity contribution in [3.63, 3.8) is 0 Å². The van der Waals surface area contributed by atoms with Gasteiger partial charge in [-0.15, -0.1) is 11.8 Å². The molecule has 5 rings (SSSR count). The van der Waals surface area contributed by atoms with Crippen molar-refractivity contribution in [2.45, 2.75) is 17.1 Å². The van der Waals surface area contributed by atoms with Gasteiger partial charge in [0, 0.05) is 22.2 Å². The summed E-state index contributed by atoms with van der Waals surface area (Å²) in [4.78, 5) is 40.5. The molecule has 1 aromatic heterocycles. The van der Waals surface area contributed by atoms with Crippen LogP contribution in [0.25, 0.3) is 6.08 Å². The Kier molecular flexibility index (Phi) is 10.5. The van der Waals surface area contributed by atoms with Crippen LogP contribution in [0, 0.1) is 0 Å². The number of rotatable bonds is 12. The first-order valence-electron chi connectivity index (χ1n) is 14.3. The molecule has 226 valence electrons. The zero-order chi connectivity index (χ0) is 31.4. The van der Waals surface area contributed by atoms with Gasteiger partial charge in [0.25, 0.3) is 11.8 Å². The number of benzene rings is 4. The zero-order valence-electron chi connectivity index (χ0n) is 24.4. The number of hydrogen-bond donors (Lipinski definition) is 3. The molecule has 8 nitrogen and oxygen atoms in total. The first-order chi connectivity index (χ1) is 22.0. The highest BCUT2D eigenvalue weighted by Crippen LogP contribution is 2.37. The lowest BCUT2D eigenvalue weighted by molar-refractivity contribution is -0.116. The van der Waals surface area contributed by atoms with E-state index < -0.39 is 17.1 Å². The summed E-state index contributed by atoms with van der Waals surface area (Å²) in [5.41, 5.74) is 2.38. The number of hydrogen-bond acceptors (Lipinski definition) is 6. The predicted octanol–water partition coefficient (Wildman–Crippen LogP) is 7.56. The average molecular weight is 618 g/mol. The number of para-hydroxylation sites is 2. The van der Waals surface area contributed by atoms with E-state index in [1.54, 1.807) is 54.6 Å². The van der Waals surface area contributed by atoms with Crippen molar-refractivity contribution in [3.05, 3.63) is 150 Å². The van der Waals surface area contributed by atoms with Crippen LogP contribution in [-0.2, 0) is 9.59 Å². The van der Waals surface area contributed by atoms with Crippen molar-refractivity contribution < 1.29 is 23.5 Å². The summed E-state index contributed by atoms with van der Waals surface area (Å²) in [5, 5.41) is 7.98. The Labute approximate surface area is 265 Å². The molecular formula is C36H31N3O5S. The number of furan rings is 1. The SMILES string of the molecule is CCOc1ccccc1NC(=O)C(Sc1ccc(NC(=O)/C(=C/c2ccco2)NC(=O)c2ccccc2)cc1)c1ccccc1. The largest absolute Gasteiger partial charge is 0.492 e. The predicted molar refractivity (Wildman–Crippen MR) is 177 cm³/mol. The van der Waals surface area contributed by atoms with Gasteiger partial charge >= 0.3 is 0 Å². The first-order valence-corrected chi connectivity index (χ1v) is 15.2. The van der Waals surface area contributed by atoms with E-state index in [0.717, 1.165) is 10.5 Å². The molecule has 3 N–H and O–H groups in total. The van der Waals surface area contributed by atoms with Gasteiger partial charge in [-0.25, -0.2) is 0 Å². The number of amides is 3. The fraction of sp³-hybridized carbons (Fsp3) is 0.0833. The molecule has 0 fully saturated rings. The van der Waals surface area contributed by atoms with Crippen molar-refractivity contribution in [3.8, 4) is 5.75 Å². The van der Waals surface area contributed by atoms with Crippen molar-refractivity contribution in [2.75, 3.05) is 17.2 Å². The summed E-state index contributed by atoms with van der Waals surface area (Å²) >= 11 is 1.38. The monoisotopic (exact) mass is 617 g/mol. The maximum absolute atomic E-state index is 13.6. The van der Waals surface area contributed by atoms with Gasteiger partial charge in [-0.1, -0.05) is 60.7 Å². The molecule has 4 aromatic carbocycles. The number of carbonyl (C=O) groups excluding carboxylic acids is 3. The van der Waals surface area contributed by atoms with Gasteiger partial charge in [0.2, 0.25) is 5.91 Å². The van der Waals surface area contributed by atoms with Crippen LogP contribution in [0.15, 0.2) is 143 Å². The highest BCUT2D eigenvalue weighted by Gasteiger charge is 2.23. The van der Waals surface area contributed by atoms with E-state index in [-0.39, 0.29) is 11.6 Å². The molecule has 9 heteroatoms. The van der Waals surface area contributed by atoms with Gasteiger partial charge in [-0.3, -0.25) is 14.4 Å². The van der Waals surface area contributed by atoms with Crippen LogP contribution in [0.1, 0.15) is 33.9 Å². The summed E-state index contributed by atoms with van der Waals surface area (Å²) in [5.74, 6) is -0.132. The third-order valence-electron chi connectivity index (χ3n) is 6.51. The lowest BCUT2D eigenvalue weighted by atomic mass is 10.1. The van der Waals surface area contributed by atoms with Crippen LogP contribution >= 0.6 is 11.8 Å². The Balaban J connectivity index is 1.31. The summed E-state index contributed by atoms with van der Waals surface area (Å²) in [6.07, 6.45) is 2.95. The molecule has 1 atom stereocenters. The van der Waals surface area contributed by atoms with Crippen molar-refractivity contribution >= 4 is 46.9 Å². The van der Waals surface area contributed by atoms with Crippen LogP contribution in [0.3, 0.4) is 0 Å². The Bertz CT molecular complexity index is 1760. The molecule has 0 aliphatic rings. The molecule has 45 heavy (non-hydrogen) atoms. The Morgan fingerprint density at radius 2 is 1.49 bits per heavy atom. The molecule has 3 amide bonds. The molecule has 5 aromatic rings. The Morgan fingerprint density at radius 1 is 0.800 bits per heavy atom. The van der Waals surface area contributed by atoms with E-state index in [4.69, 9.17) is 9.15 Å². The standard InChI is InChI=1S/C36H31N3O5S/c1-2-43-32-18-10-9-17-30(32)38-36(42)33(25-12-5-3-6-13-25)45-29-21-19-27(20-22-29)37-35(41)31(24-28-16-11-23-44-28)39-34(40)26-14-7-4-8-15-26/h3-24,33H,2H2,1H3,(H,37,41)(H,38,42)(H,39,40)/b31-24-. The van der Waals surface area contributed by atoms with E-state index >= 15 is 0 Å². The lowest BCUT2D eigenvalue weighted by Crippen LogP contribution is -2.30. The first kappa shape index (κ1) is 30.9. The average Bonchev–Trinajstić information content (AvgIpc) is 3.59. The molecular weight excluding hydrogens is 586 g/mol. The minimum Gasteiger partial charge on any atom is -0.492 e. The molecule has 0 saturated heterocycles. The molecule has 1 heterocycles. The lowest BCUT2D eigenvalue weighted by Gasteiger charge is -2.19. The van der Waals surface area contributed by atoms with Gasteiger partial charge in [0.05, 0.1) is 18.6 Å². The zero-order valence-corrected chi connectivity index (χ0v) is 25.3. The molecule has 0 aliphatic carbocycles. The van der Waals surface area contributed by atoms with Crippen LogP contribution < -0.4 is 20.7 Å². The van der Waals surface area contributed by atoms with Gasteiger partial charge < -0.3 is 25.1 Å². The van der Waals surface area contributed by atoms with Gasteiger partial charge in [-0.2, -0.15) is 0 Å². The summed E-state index contributed by atoms with van der Waals surface area (Å²) in [6, 6.07) is 36.0. The highest BCUT2D eigenvalue weighted by molar-refractivity contribution is 8.00. The van der Waals surface area contributed by atoms with Crippen molar-refractivity contribution in [1.82, 2.24) is 5.32 Å². The van der Waals surface area contributed by atoms with Crippen LogP contribution in [0.5, 0.6) is 5.75 Å². The second kappa shape index (κ2) is 15.3. The summed E-state index contributed by atoms with van der Waals surface area (Å²) in [7, 11) is 0. The van der Waals surface area contributed by atoms with Gasteiger partial charge in [-0.05, 0) is 73.2 Å². The number of thioether (sulfide) groups is 1. The van der Waals surface area contributed by atoms with E-state index in [1.807, 2.05) is 73.7 Å².